The highest BCUT2D eigenvalue weighted by Crippen LogP contribution is 2.24. The first-order chi connectivity index (χ1) is 16.5. The number of anilines is 1. The minimum Gasteiger partial charge on any atom is -0.490 e. The maximum absolute atomic E-state index is 12.1. The van der Waals surface area contributed by atoms with E-state index in [0.717, 1.165) is 10.0 Å². The summed E-state index contributed by atoms with van der Waals surface area (Å²) in [6, 6.07) is 19.3. The minimum absolute atomic E-state index is 0.258. The zero-order chi connectivity index (χ0) is 24.3. The molecule has 9 heteroatoms. The van der Waals surface area contributed by atoms with Gasteiger partial charge in [0.15, 0.2) is 0 Å². The van der Waals surface area contributed by atoms with E-state index in [9.17, 15) is 9.59 Å². The zero-order valence-corrected chi connectivity index (χ0v) is 20.3. The van der Waals surface area contributed by atoms with Crippen LogP contribution in [0.2, 0.25) is 5.02 Å². The van der Waals surface area contributed by atoms with Crippen molar-refractivity contribution in [3.8, 4) is 11.5 Å². The Morgan fingerprint density at radius 1 is 1.03 bits per heavy atom. The maximum Gasteiger partial charge on any atom is 0.329 e. The van der Waals surface area contributed by atoms with Crippen molar-refractivity contribution in [3.63, 3.8) is 0 Å². The smallest absolute Gasteiger partial charge is 0.329 e. The van der Waals surface area contributed by atoms with Gasteiger partial charge in [0.2, 0.25) is 0 Å². The third-order valence-electron chi connectivity index (χ3n) is 4.37. The van der Waals surface area contributed by atoms with Crippen LogP contribution in [0.25, 0.3) is 0 Å². The quantitative estimate of drug-likeness (QED) is 0.165. The molecule has 0 saturated carbocycles. The van der Waals surface area contributed by atoms with Crippen molar-refractivity contribution in [2.75, 3.05) is 11.9 Å². The number of hydrogen-bond acceptors (Lipinski definition) is 5. The van der Waals surface area contributed by atoms with Crippen LogP contribution in [-0.2, 0) is 16.2 Å². The fraction of sp³-hybridized carbons (Fsp3) is 0.0800. The van der Waals surface area contributed by atoms with Gasteiger partial charge in [-0.2, -0.15) is 5.10 Å². The SMILES string of the molecule is C=CCOc1ccc(NC(=O)C(=O)N/N=C\c2cc(Br)ccc2OCc2ccccc2Cl)cc1. The lowest BCUT2D eigenvalue weighted by molar-refractivity contribution is -0.136. The van der Waals surface area contributed by atoms with Crippen LogP contribution in [0.15, 0.2) is 89.0 Å². The molecule has 0 heterocycles. The van der Waals surface area contributed by atoms with E-state index in [4.69, 9.17) is 21.1 Å². The Morgan fingerprint density at radius 2 is 1.79 bits per heavy atom. The molecule has 0 aliphatic carbocycles. The first-order valence-electron chi connectivity index (χ1n) is 10.1. The second-order valence-electron chi connectivity index (χ2n) is 6.84. The summed E-state index contributed by atoms with van der Waals surface area (Å²) in [7, 11) is 0. The molecule has 3 aromatic rings. The molecule has 7 nitrogen and oxygen atoms in total. The molecule has 0 bridgehead atoms. The summed E-state index contributed by atoms with van der Waals surface area (Å²) in [6.07, 6.45) is 3.02. The standard InChI is InChI=1S/C25H21BrClN3O4/c1-2-13-33-21-10-8-20(9-11-21)29-24(31)25(32)30-28-15-18-14-19(26)7-12-23(18)34-16-17-5-3-4-6-22(17)27/h2-12,14-15H,1,13,16H2,(H,29,31)(H,30,32)/b28-15-. The number of carbonyl (C=O) groups excluding carboxylic acids is 2. The second kappa shape index (κ2) is 12.6. The molecule has 2 N–H and O–H groups in total. The summed E-state index contributed by atoms with van der Waals surface area (Å²) < 4.78 is 12.0. The Hall–Kier alpha value is -3.62. The molecule has 2 amide bonds. The Labute approximate surface area is 210 Å². The van der Waals surface area contributed by atoms with E-state index in [2.05, 4.69) is 38.4 Å². The molecular formula is C25H21BrClN3O4. The summed E-state index contributed by atoms with van der Waals surface area (Å²) in [6.45, 7) is 4.21. The number of nitrogens with zero attached hydrogens (tertiary/aromatic N) is 1. The summed E-state index contributed by atoms with van der Waals surface area (Å²) in [5.41, 5.74) is 4.08. The highest BCUT2D eigenvalue weighted by Gasteiger charge is 2.13. The van der Waals surface area contributed by atoms with Gasteiger partial charge >= 0.3 is 11.8 Å². The van der Waals surface area contributed by atoms with Gasteiger partial charge in [-0.3, -0.25) is 9.59 Å². The van der Waals surface area contributed by atoms with Crippen molar-refractivity contribution in [2.45, 2.75) is 6.61 Å². The number of benzene rings is 3. The Kier molecular flexibility index (Phi) is 9.25. The molecule has 0 aliphatic rings. The molecule has 0 aliphatic heterocycles. The topological polar surface area (TPSA) is 89.0 Å². The highest BCUT2D eigenvalue weighted by atomic mass is 79.9. The van der Waals surface area contributed by atoms with E-state index in [0.29, 0.717) is 34.4 Å². The van der Waals surface area contributed by atoms with Gasteiger partial charge in [-0.15, -0.1) is 0 Å². The molecule has 3 aromatic carbocycles. The molecule has 0 aromatic heterocycles. The van der Waals surface area contributed by atoms with E-state index in [1.807, 2.05) is 24.3 Å². The fourth-order valence-electron chi connectivity index (χ4n) is 2.71. The van der Waals surface area contributed by atoms with Crippen LogP contribution in [0.1, 0.15) is 11.1 Å². The number of hydrogen-bond donors (Lipinski definition) is 2. The normalized spacial score (nSPS) is 10.5. The minimum atomic E-state index is -0.920. The van der Waals surface area contributed by atoms with Crippen LogP contribution < -0.4 is 20.2 Å². The van der Waals surface area contributed by atoms with Crippen LogP contribution >= 0.6 is 27.5 Å². The van der Waals surface area contributed by atoms with Crippen molar-refractivity contribution in [1.82, 2.24) is 5.43 Å². The third-order valence-corrected chi connectivity index (χ3v) is 5.23. The Balaban J connectivity index is 1.58. The number of nitrogens with one attached hydrogen (secondary N) is 2. The predicted octanol–water partition coefficient (Wildman–Crippen LogP) is 5.34. The van der Waals surface area contributed by atoms with Crippen molar-refractivity contribution in [2.24, 2.45) is 5.10 Å². The Bertz CT molecular complexity index is 1200. The summed E-state index contributed by atoms with van der Waals surface area (Å²) >= 11 is 9.58. The lowest BCUT2D eigenvalue weighted by Crippen LogP contribution is -2.32. The van der Waals surface area contributed by atoms with Gasteiger partial charge < -0.3 is 14.8 Å². The molecule has 0 radical (unpaired) electrons. The highest BCUT2D eigenvalue weighted by molar-refractivity contribution is 9.10. The third kappa shape index (κ3) is 7.47. The van der Waals surface area contributed by atoms with Crippen molar-refractivity contribution in [3.05, 3.63) is 100 Å². The number of amides is 2. The second-order valence-corrected chi connectivity index (χ2v) is 8.16. The molecular weight excluding hydrogens is 522 g/mol. The first kappa shape index (κ1) is 25.0. The average Bonchev–Trinajstić information content (AvgIpc) is 2.84. The predicted molar refractivity (Wildman–Crippen MR) is 136 cm³/mol. The van der Waals surface area contributed by atoms with Gasteiger partial charge in [-0.25, -0.2) is 5.43 Å². The van der Waals surface area contributed by atoms with Gasteiger partial charge in [0.05, 0.1) is 6.21 Å². The van der Waals surface area contributed by atoms with Gasteiger partial charge in [0.1, 0.15) is 24.7 Å². The monoisotopic (exact) mass is 541 g/mol. The molecule has 0 unspecified atom stereocenters. The molecule has 34 heavy (non-hydrogen) atoms. The van der Waals surface area contributed by atoms with Crippen LogP contribution in [-0.4, -0.2) is 24.6 Å². The van der Waals surface area contributed by atoms with Crippen LogP contribution in [0, 0.1) is 0 Å². The molecule has 0 atom stereocenters. The van der Waals surface area contributed by atoms with E-state index in [1.54, 1.807) is 48.5 Å². The van der Waals surface area contributed by atoms with E-state index < -0.39 is 11.8 Å². The molecule has 0 saturated heterocycles. The summed E-state index contributed by atoms with van der Waals surface area (Å²) in [5.74, 6) is -0.629. The molecule has 3 rings (SSSR count). The first-order valence-corrected chi connectivity index (χ1v) is 11.3. The van der Waals surface area contributed by atoms with Crippen molar-refractivity contribution < 1.29 is 19.1 Å². The molecule has 0 fully saturated rings. The van der Waals surface area contributed by atoms with E-state index in [1.165, 1.54) is 6.21 Å². The average molecular weight is 543 g/mol. The van der Waals surface area contributed by atoms with Crippen LogP contribution in [0.4, 0.5) is 5.69 Å². The van der Waals surface area contributed by atoms with E-state index in [-0.39, 0.29) is 6.61 Å². The number of rotatable bonds is 9. The van der Waals surface area contributed by atoms with Crippen molar-refractivity contribution >= 4 is 51.2 Å². The van der Waals surface area contributed by atoms with Gasteiger partial charge in [-0.05, 0) is 48.5 Å². The zero-order valence-electron chi connectivity index (χ0n) is 18.0. The lowest BCUT2D eigenvalue weighted by atomic mass is 10.2. The number of hydrazone groups is 1. The molecule has 0 spiro atoms. The van der Waals surface area contributed by atoms with E-state index >= 15 is 0 Å². The Morgan fingerprint density at radius 3 is 2.53 bits per heavy atom. The molecule has 174 valence electrons. The summed E-state index contributed by atoms with van der Waals surface area (Å²) in [5, 5.41) is 6.98. The largest absolute Gasteiger partial charge is 0.490 e. The summed E-state index contributed by atoms with van der Waals surface area (Å²) in [4.78, 5) is 24.3. The van der Waals surface area contributed by atoms with Crippen molar-refractivity contribution in [1.29, 1.82) is 0 Å². The van der Waals surface area contributed by atoms with Crippen LogP contribution in [0.3, 0.4) is 0 Å². The number of halogens is 2. The van der Waals surface area contributed by atoms with Gasteiger partial charge in [0, 0.05) is 26.3 Å². The number of carbonyl (C=O) groups is 2. The van der Waals surface area contributed by atoms with Gasteiger partial charge in [-0.1, -0.05) is 58.4 Å². The van der Waals surface area contributed by atoms with Gasteiger partial charge in [0.25, 0.3) is 0 Å². The lowest BCUT2D eigenvalue weighted by Gasteiger charge is -2.10. The fourth-order valence-corrected chi connectivity index (χ4v) is 3.28. The van der Waals surface area contributed by atoms with Crippen LogP contribution in [0.5, 0.6) is 11.5 Å². The number of ether oxygens (including phenoxy) is 2. The maximum atomic E-state index is 12.1.